The number of para-hydroxylation sites is 1. The summed E-state index contributed by atoms with van der Waals surface area (Å²) in [4.78, 5) is 2.41. The molecule has 21 heavy (non-hydrogen) atoms. The van der Waals surface area contributed by atoms with Crippen LogP contribution in [0.5, 0.6) is 5.75 Å². The van der Waals surface area contributed by atoms with Gasteiger partial charge in [-0.15, -0.1) is 0 Å². The lowest BCUT2D eigenvalue weighted by Gasteiger charge is -2.30. The molecule has 1 aromatic rings. The number of aliphatic hydroxyl groups excluding tert-OH is 1. The molecule has 0 radical (unpaired) electrons. The topological polar surface area (TPSA) is 32.7 Å². The Morgan fingerprint density at radius 2 is 1.71 bits per heavy atom. The maximum absolute atomic E-state index is 10.2. The van der Waals surface area contributed by atoms with Crippen molar-refractivity contribution >= 4 is 0 Å². The Balaban J connectivity index is 2.63. The molecule has 0 unspecified atom stereocenters. The lowest BCUT2D eigenvalue weighted by atomic mass is 10.0. The molecule has 0 amide bonds. The predicted octanol–water partition coefficient (Wildman–Crippen LogP) is 4.02. The van der Waals surface area contributed by atoms with Crippen LogP contribution in [0.2, 0.25) is 0 Å². The third kappa shape index (κ3) is 5.68. The summed E-state index contributed by atoms with van der Waals surface area (Å²) < 4.78 is 5.93. The molecule has 120 valence electrons. The lowest BCUT2D eigenvalue weighted by molar-refractivity contribution is 0.134. The number of rotatable bonds is 9. The fraction of sp³-hybridized carbons (Fsp3) is 0.667. The first-order chi connectivity index (χ1) is 9.97. The van der Waals surface area contributed by atoms with Crippen LogP contribution < -0.4 is 4.74 Å². The molecule has 0 fully saturated rings. The zero-order valence-corrected chi connectivity index (χ0v) is 14.2. The molecule has 1 aromatic carbocycles. The van der Waals surface area contributed by atoms with E-state index in [0.717, 1.165) is 30.7 Å². The maximum Gasteiger partial charge on any atom is 0.125 e. The molecule has 3 heteroatoms. The van der Waals surface area contributed by atoms with Gasteiger partial charge in [-0.3, -0.25) is 4.90 Å². The number of aliphatic hydroxyl groups is 1. The summed E-state index contributed by atoms with van der Waals surface area (Å²) in [7, 11) is 0. The van der Waals surface area contributed by atoms with Crippen LogP contribution in [-0.4, -0.2) is 35.2 Å². The second-order valence-corrected chi connectivity index (χ2v) is 6.12. The Morgan fingerprint density at radius 1 is 1.10 bits per heavy atom. The molecule has 0 aliphatic heterocycles. The summed E-state index contributed by atoms with van der Waals surface area (Å²) in [6.07, 6.45) is 1.30. The molecular formula is C18H31NO2. The SMILES string of the molecule is CCC[C@H](O)c1ccccc1OCCN(C(C)C)C(C)C. The van der Waals surface area contributed by atoms with Gasteiger partial charge in [0, 0.05) is 24.2 Å². The Kier molecular flexibility index (Phi) is 7.76. The van der Waals surface area contributed by atoms with E-state index in [-0.39, 0.29) is 0 Å². The third-order valence-electron chi connectivity index (χ3n) is 3.77. The van der Waals surface area contributed by atoms with Gasteiger partial charge in [0.15, 0.2) is 0 Å². The lowest BCUT2D eigenvalue weighted by Crippen LogP contribution is -2.39. The first-order valence-corrected chi connectivity index (χ1v) is 8.12. The zero-order chi connectivity index (χ0) is 15.8. The molecule has 0 saturated carbocycles. The van der Waals surface area contributed by atoms with Crippen molar-refractivity contribution in [3.8, 4) is 5.75 Å². The Morgan fingerprint density at radius 3 is 2.29 bits per heavy atom. The first kappa shape index (κ1) is 18.0. The van der Waals surface area contributed by atoms with Crippen molar-refractivity contribution in [2.24, 2.45) is 0 Å². The van der Waals surface area contributed by atoms with E-state index in [9.17, 15) is 5.11 Å². The van der Waals surface area contributed by atoms with Crippen LogP contribution in [0.15, 0.2) is 24.3 Å². The average Bonchev–Trinajstić information content (AvgIpc) is 2.43. The largest absolute Gasteiger partial charge is 0.492 e. The summed E-state index contributed by atoms with van der Waals surface area (Å²) in [5.74, 6) is 0.811. The van der Waals surface area contributed by atoms with E-state index in [0.29, 0.717) is 18.7 Å². The van der Waals surface area contributed by atoms with Crippen molar-refractivity contribution in [3.05, 3.63) is 29.8 Å². The summed E-state index contributed by atoms with van der Waals surface area (Å²) >= 11 is 0. The van der Waals surface area contributed by atoms with E-state index >= 15 is 0 Å². The van der Waals surface area contributed by atoms with Crippen LogP contribution in [0.25, 0.3) is 0 Å². The molecule has 0 heterocycles. The van der Waals surface area contributed by atoms with Crippen molar-refractivity contribution in [1.82, 2.24) is 4.90 Å². The van der Waals surface area contributed by atoms with E-state index in [1.165, 1.54) is 0 Å². The highest BCUT2D eigenvalue weighted by Crippen LogP contribution is 2.27. The van der Waals surface area contributed by atoms with Crippen molar-refractivity contribution in [2.75, 3.05) is 13.2 Å². The summed E-state index contributed by atoms with van der Waals surface area (Å²) in [6, 6.07) is 8.83. The van der Waals surface area contributed by atoms with E-state index in [1.54, 1.807) is 0 Å². The molecule has 0 aliphatic rings. The normalized spacial score (nSPS) is 13.2. The second-order valence-electron chi connectivity index (χ2n) is 6.12. The number of ether oxygens (including phenoxy) is 1. The van der Waals surface area contributed by atoms with E-state index in [2.05, 4.69) is 39.5 Å². The van der Waals surface area contributed by atoms with Crippen LogP contribution >= 0.6 is 0 Å². The Hall–Kier alpha value is -1.06. The standard InChI is InChI=1S/C18H31NO2/c1-6-9-17(20)16-10-7-8-11-18(16)21-13-12-19(14(2)3)15(4)5/h7-8,10-11,14-15,17,20H,6,9,12-13H2,1-5H3/t17-/m0/s1. The highest BCUT2D eigenvalue weighted by atomic mass is 16.5. The minimum absolute atomic E-state index is 0.433. The summed E-state index contributed by atoms with van der Waals surface area (Å²) in [6.45, 7) is 12.4. The third-order valence-corrected chi connectivity index (χ3v) is 3.77. The van der Waals surface area contributed by atoms with Crippen LogP contribution in [0.3, 0.4) is 0 Å². The highest BCUT2D eigenvalue weighted by Gasteiger charge is 2.15. The fourth-order valence-corrected chi connectivity index (χ4v) is 2.69. The van der Waals surface area contributed by atoms with E-state index in [4.69, 9.17) is 4.74 Å². The highest BCUT2D eigenvalue weighted by molar-refractivity contribution is 5.35. The van der Waals surface area contributed by atoms with Crippen molar-refractivity contribution in [2.45, 2.75) is 65.6 Å². The van der Waals surface area contributed by atoms with Crippen molar-refractivity contribution in [3.63, 3.8) is 0 Å². The quantitative estimate of drug-likeness (QED) is 0.746. The Labute approximate surface area is 129 Å². The zero-order valence-electron chi connectivity index (χ0n) is 14.2. The van der Waals surface area contributed by atoms with Gasteiger partial charge in [0.25, 0.3) is 0 Å². The molecule has 0 spiro atoms. The van der Waals surface area contributed by atoms with Crippen LogP contribution in [0.4, 0.5) is 0 Å². The molecule has 0 saturated heterocycles. The van der Waals surface area contributed by atoms with Gasteiger partial charge in [-0.1, -0.05) is 31.5 Å². The molecule has 1 N–H and O–H groups in total. The number of benzene rings is 1. The fourth-order valence-electron chi connectivity index (χ4n) is 2.69. The number of hydrogen-bond donors (Lipinski definition) is 1. The first-order valence-electron chi connectivity index (χ1n) is 8.12. The smallest absolute Gasteiger partial charge is 0.125 e. The molecule has 0 aromatic heterocycles. The summed E-state index contributed by atoms with van der Waals surface area (Å²) in [5.41, 5.74) is 0.903. The van der Waals surface area contributed by atoms with Gasteiger partial charge >= 0.3 is 0 Å². The van der Waals surface area contributed by atoms with Crippen LogP contribution in [-0.2, 0) is 0 Å². The van der Waals surface area contributed by atoms with E-state index < -0.39 is 6.10 Å². The van der Waals surface area contributed by atoms with Gasteiger partial charge in [0.1, 0.15) is 12.4 Å². The van der Waals surface area contributed by atoms with Gasteiger partial charge in [-0.05, 0) is 40.2 Å². The van der Waals surface area contributed by atoms with Crippen LogP contribution in [0, 0.1) is 0 Å². The van der Waals surface area contributed by atoms with Gasteiger partial charge < -0.3 is 9.84 Å². The van der Waals surface area contributed by atoms with Gasteiger partial charge in [-0.25, -0.2) is 0 Å². The number of nitrogens with zero attached hydrogens (tertiary/aromatic N) is 1. The van der Waals surface area contributed by atoms with Crippen LogP contribution in [0.1, 0.15) is 59.1 Å². The number of hydrogen-bond acceptors (Lipinski definition) is 3. The molecule has 0 bridgehead atoms. The second kappa shape index (κ2) is 9.06. The van der Waals surface area contributed by atoms with Crippen molar-refractivity contribution in [1.29, 1.82) is 0 Å². The minimum atomic E-state index is -0.433. The van der Waals surface area contributed by atoms with Crippen molar-refractivity contribution < 1.29 is 9.84 Å². The maximum atomic E-state index is 10.2. The molecule has 0 aliphatic carbocycles. The van der Waals surface area contributed by atoms with Gasteiger partial charge in [0.2, 0.25) is 0 Å². The van der Waals surface area contributed by atoms with Gasteiger partial charge in [0.05, 0.1) is 6.10 Å². The van der Waals surface area contributed by atoms with Gasteiger partial charge in [-0.2, -0.15) is 0 Å². The predicted molar refractivity (Wildman–Crippen MR) is 88.8 cm³/mol. The Bertz CT molecular complexity index is 396. The molecular weight excluding hydrogens is 262 g/mol. The average molecular weight is 293 g/mol. The monoisotopic (exact) mass is 293 g/mol. The summed E-state index contributed by atoms with van der Waals surface area (Å²) in [5, 5.41) is 10.2. The molecule has 1 atom stereocenters. The molecule has 1 rings (SSSR count). The van der Waals surface area contributed by atoms with E-state index in [1.807, 2.05) is 24.3 Å². The minimum Gasteiger partial charge on any atom is -0.492 e. The molecule has 3 nitrogen and oxygen atoms in total.